The molecule has 1 nitrogen and oxygen atoms in total. The number of unbranched alkanes of at least 4 members (excludes halogenated alkanes) is 8. The summed E-state index contributed by atoms with van der Waals surface area (Å²) in [5, 5.41) is 6.04. The zero-order valence-electron chi connectivity index (χ0n) is 39.3. The Kier molecular flexibility index (Phi) is 23.2. The van der Waals surface area contributed by atoms with E-state index < -0.39 is 18.1 Å². The van der Waals surface area contributed by atoms with Crippen LogP contribution in [-0.2, 0) is 55.5 Å². The molecule has 0 amide bonds. The van der Waals surface area contributed by atoms with Crippen LogP contribution in [-0.4, -0.2) is 18.1 Å². The van der Waals surface area contributed by atoms with Crippen molar-refractivity contribution >= 4 is 38.8 Å². The Morgan fingerprint density at radius 1 is 0.288 bits per heavy atom. The van der Waals surface area contributed by atoms with Crippen LogP contribution in [0.1, 0.15) is 203 Å². The van der Waals surface area contributed by atoms with Crippen LogP contribution in [0.2, 0.25) is 0 Å². The highest BCUT2D eigenvalue weighted by molar-refractivity contribution is 6.92. The lowest BCUT2D eigenvalue weighted by molar-refractivity contribution is 0.629. The average Bonchev–Trinajstić information content (AvgIpc) is 3.27. The first-order chi connectivity index (χ1) is 28.9. The highest BCUT2D eigenvalue weighted by atomic mass is 28.4. The van der Waals surface area contributed by atoms with E-state index in [0.29, 0.717) is 0 Å². The predicted octanol–water partition coefficient (Wildman–Crippen LogP) is 13.4. The minimum Gasteiger partial charge on any atom is -0.442 e. The fourth-order valence-corrected chi connectivity index (χ4v) is 14.6. The first-order valence-electron chi connectivity index (χ1n) is 24.8. The van der Waals surface area contributed by atoms with Crippen molar-refractivity contribution in [1.82, 2.24) is 0 Å². The molecule has 4 aromatic rings. The molecule has 0 aliphatic heterocycles. The van der Waals surface area contributed by atoms with Crippen LogP contribution in [0.15, 0.2) is 72.8 Å². The fraction of sp³-hybridized carbons (Fsp3) is 0.571. The van der Waals surface area contributed by atoms with Gasteiger partial charge in [0.25, 0.3) is 18.1 Å². The summed E-state index contributed by atoms with van der Waals surface area (Å²) in [5.74, 6) is 0. The topological polar surface area (TPSA) is 9.23 Å². The van der Waals surface area contributed by atoms with Crippen LogP contribution in [0.3, 0.4) is 0 Å². The molecule has 4 aromatic carbocycles. The van der Waals surface area contributed by atoms with Gasteiger partial charge in [-0.15, -0.1) is 0 Å². The Morgan fingerprint density at radius 3 is 0.695 bits per heavy atom. The maximum atomic E-state index is 8.37. The van der Waals surface area contributed by atoms with E-state index in [1.807, 2.05) is 0 Å². The van der Waals surface area contributed by atoms with E-state index in [4.69, 9.17) is 4.12 Å². The Morgan fingerprint density at radius 2 is 0.492 bits per heavy atom. The van der Waals surface area contributed by atoms with Crippen LogP contribution < -0.4 is 20.7 Å². The van der Waals surface area contributed by atoms with Crippen molar-refractivity contribution in [2.75, 3.05) is 0 Å². The van der Waals surface area contributed by atoms with Crippen molar-refractivity contribution in [2.45, 2.75) is 209 Å². The molecule has 0 atom stereocenters. The largest absolute Gasteiger partial charge is 0.442 e. The van der Waals surface area contributed by atoms with E-state index >= 15 is 0 Å². The number of aryl methyl sites for hydroxylation is 8. The van der Waals surface area contributed by atoms with Crippen molar-refractivity contribution in [3.05, 3.63) is 117 Å². The van der Waals surface area contributed by atoms with Gasteiger partial charge in [-0.25, -0.2) is 0 Å². The van der Waals surface area contributed by atoms with Gasteiger partial charge < -0.3 is 4.12 Å². The molecule has 3 heteroatoms. The molecular weight excluding hydrogens is 745 g/mol. The van der Waals surface area contributed by atoms with Crippen molar-refractivity contribution in [3.8, 4) is 0 Å². The standard InChI is InChI=1S/C56H84OSi2/c1-9-17-25-45-33-37-53(49(41-45)29-21-13-5)58(54-38-34-46(26-18-10-2)42-50(54)30-22-14-6)57-59(55-39-35-47(27-19-11-3)43-51(55)31-23-15-7)56-40-36-48(28-20-12-4)44-52(56)32-24-16-8/h33-44H,9-32H2,1-8H3. The minimum atomic E-state index is -1.66. The molecule has 0 bridgehead atoms. The van der Waals surface area contributed by atoms with Crippen molar-refractivity contribution in [2.24, 2.45) is 0 Å². The molecule has 0 saturated carbocycles. The monoisotopic (exact) mass is 829 g/mol. The van der Waals surface area contributed by atoms with E-state index in [1.54, 1.807) is 22.3 Å². The first kappa shape index (κ1) is 48.9. The number of hydrogen-bond donors (Lipinski definition) is 0. The van der Waals surface area contributed by atoms with Gasteiger partial charge in [0.05, 0.1) is 0 Å². The van der Waals surface area contributed by atoms with E-state index in [2.05, 4.69) is 128 Å². The highest BCUT2D eigenvalue weighted by Gasteiger charge is 2.34. The van der Waals surface area contributed by atoms with Gasteiger partial charge in [0, 0.05) is 0 Å². The highest BCUT2D eigenvalue weighted by Crippen LogP contribution is 2.20. The maximum absolute atomic E-state index is 8.37. The predicted molar refractivity (Wildman–Crippen MR) is 266 cm³/mol. The molecule has 0 fully saturated rings. The molecule has 0 aliphatic rings. The second-order valence-corrected chi connectivity index (χ2v) is 21.8. The van der Waals surface area contributed by atoms with Gasteiger partial charge in [-0.2, -0.15) is 0 Å². The summed E-state index contributed by atoms with van der Waals surface area (Å²) in [4.78, 5) is 0. The third-order valence-electron chi connectivity index (χ3n) is 12.3. The summed E-state index contributed by atoms with van der Waals surface area (Å²) in [5.41, 5.74) is 12.2. The van der Waals surface area contributed by atoms with Crippen LogP contribution in [0.4, 0.5) is 0 Å². The summed E-state index contributed by atoms with van der Waals surface area (Å²) in [6.45, 7) is 18.7. The van der Waals surface area contributed by atoms with Crippen LogP contribution in [0.5, 0.6) is 0 Å². The van der Waals surface area contributed by atoms with Gasteiger partial charge in [-0.3, -0.25) is 0 Å². The molecule has 0 saturated heterocycles. The van der Waals surface area contributed by atoms with Crippen molar-refractivity contribution < 1.29 is 4.12 Å². The van der Waals surface area contributed by atoms with E-state index in [-0.39, 0.29) is 0 Å². The average molecular weight is 829 g/mol. The Hall–Kier alpha value is -2.73. The van der Waals surface area contributed by atoms with Crippen LogP contribution >= 0.6 is 0 Å². The summed E-state index contributed by atoms with van der Waals surface area (Å²) < 4.78 is 8.37. The van der Waals surface area contributed by atoms with Gasteiger partial charge in [-0.05, 0) is 168 Å². The molecular formula is C56H84OSi2. The second kappa shape index (κ2) is 28.0. The quantitative estimate of drug-likeness (QED) is 0.0476. The fourth-order valence-electron chi connectivity index (χ4n) is 8.53. The van der Waals surface area contributed by atoms with E-state index in [1.165, 1.54) is 146 Å². The number of rotatable bonds is 30. The SMILES string of the molecule is CCCCc1ccc([Si](O[Si](c2ccc(CCCC)cc2CCCC)c2ccc(CCCC)cc2CCCC)c2ccc(CCCC)cc2CCCC)c(CCCC)c1. The summed E-state index contributed by atoms with van der Waals surface area (Å²) in [7, 11) is -3.32. The van der Waals surface area contributed by atoms with Crippen LogP contribution in [0.25, 0.3) is 0 Å². The summed E-state index contributed by atoms with van der Waals surface area (Å²) >= 11 is 0. The Labute approximate surface area is 368 Å². The maximum Gasteiger partial charge on any atom is 0.273 e. The number of hydrogen-bond acceptors (Lipinski definition) is 1. The third-order valence-corrected chi connectivity index (χ3v) is 17.9. The smallest absolute Gasteiger partial charge is 0.273 e. The molecule has 4 rings (SSSR count). The van der Waals surface area contributed by atoms with Crippen molar-refractivity contribution in [1.29, 1.82) is 0 Å². The lowest BCUT2D eigenvalue weighted by Gasteiger charge is -2.30. The third kappa shape index (κ3) is 15.3. The van der Waals surface area contributed by atoms with Crippen molar-refractivity contribution in [3.63, 3.8) is 0 Å². The lowest BCUT2D eigenvalue weighted by atomic mass is 10.0. The van der Waals surface area contributed by atoms with Gasteiger partial charge in [0.15, 0.2) is 0 Å². The number of benzene rings is 4. The summed E-state index contributed by atoms with van der Waals surface area (Å²) in [6, 6.07) is 30.5. The van der Waals surface area contributed by atoms with Gasteiger partial charge in [0.1, 0.15) is 0 Å². The molecule has 0 aliphatic carbocycles. The molecule has 322 valence electrons. The first-order valence-corrected chi connectivity index (χ1v) is 27.7. The molecule has 0 aromatic heterocycles. The molecule has 59 heavy (non-hydrogen) atoms. The zero-order chi connectivity index (χ0) is 42.2. The minimum absolute atomic E-state index is 1.13. The lowest BCUT2D eigenvalue weighted by Crippen LogP contribution is -2.58. The molecule has 0 heterocycles. The van der Waals surface area contributed by atoms with E-state index in [9.17, 15) is 0 Å². The van der Waals surface area contributed by atoms with Gasteiger partial charge in [-0.1, -0.05) is 180 Å². The van der Waals surface area contributed by atoms with E-state index in [0.717, 1.165) is 51.4 Å². The normalized spacial score (nSPS) is 11.7. The zero-order valence-corrected chi connectivity index (χ0v) is 41.3. The summed E-state index contributed by atoms with van der Waals surface area (Å²) in [6.07, 6.45) is 28.8. The second-order valence-electron chi connectivity index (χ2n) is 17.6. The van der Waals surface area contributed by atoms with Gasteiger partial charge >= 0.3 is 0 Å². The molecule has 0 unspecified atom stereocenters. The Balaban J connectivity index is 2.07. The Bertz CT molecular complexity index is 1520. The van der Waals surface area contributed by atoms with Gasteiger partial charge in [0.2, 0.25) is 0 Å². The molecule has 0 N–H and O–H groups in total. The molecule has 2 radical (unpaired) electrons. The van der Waals surface area contributed by atoms with Crippen LogP contribution in [0, 0.1) is 0 Å². The molecule has 0 spiro atoms.